The van der Waals surface area contributed by atoms with E-state index in [1.54, 1.807) is 0 Å². The molecule has 0 fully saturated rings. The monoisotopic (exact) mass is 330 g/mol. The Bertz CT molecular complexity index is 367. The third kappa shape index (κ3) is 4.95. The second-order valence-corrected chi connectivity index (χ2v) is 8.50. The van der Waals surface area contributed by atoms with Gasteiger partial charge in [-0.05, 0) is 0 Å². The van der Waals surface area contributed by atoms with Gasteiger partial charge in [-0.2, -0.15) is 0 Å². The predicted octanol–water partition coefficient (Wildman–Crippen LogP) is 4.01. The van der Waals surface area contributed by atoms with E-state index in [-0.39, 0.29) is 21.1 Å². The minimum atomic E-state index is -0.145. The molecule has 0 unspecified atom stereocenters. The molecule has 0 N–H and O–H groups in total. The summed E-state index contributed by atoms with van der Waals surface area (Å²) in [6.45, 7) is 0. The van der Waals surface area contributed by atoms with Gasteiger partial charge in [0.25, 0.3) is 0 Å². The predicted molar refractivity (Wildman–Crippen MR) is 75.7 cm³/mol. The van der Waals surface area contributed by atoms with Crippen LogP contribution in [0.4, 0.5) is 0 Å². The summed E-state index contributed by atoms with van der Waals surface area (Å²) in [7, 11) is 0. The van der Waals surface area contributed by atoms with Gasteiger partial charge in [0, 0.05) is 0 Å². The standard InChI is InChI=1S/2C8H9.Sn/c2*1-2-8-6-4-3-5-7-8;/h2*3-7H,1-2H2;/q;;+2. The van der Waals surface area contributed by atoms with Crippen LogP contribution in [0.2, 0.25) is 8.87 Å². The molecule has 0 aliphatic rings. The maximum absolute atomic E-state index is 2.25. The third-order valence-corrected chi connectivity index (χ3v) is 6.31. The summed E-state index contributed by atoms with van der Waals surface area (Å²) in [5.74, 6) is 0. The van der Waals surface area contributed by atoms with Crippen LogP contribution in [0, 0.1) is 0 Å². The molecule has 0 heterocycles. The molecule has 84 valence electrons. The second kappa shape index (κ2) is 7.54. The number of aryl methyl sites for hydroxylation is 2. The van der Waals surface area contributed by atoms with E-state index in [1.807, 2.05) is 0 Å². The van der Waals surface area contributed by atoms with E-state index >= 15 is 0 Å². The molecule has 0 aliphatic carbocycles. The van der Waals surface area contributed by atoms with Crippen LogP contribution in [0.25, 0.3) is 0 Å². The molecular weight excluding hydrogens is 311 g/mol. The summed E-state index contributed by atoms with van der Waals surface area (Å²) >= 11 is -0.145. The topological polar surface area (TPSA) is 0 Å². The van der Waals surface area contributed by atoms with E-state index in [2.05, 4.69) is 60.7 Å². The Balaban J connectivity index is 1.61. The normalized spacial score (nSPS) is 9.88. The number of hydrogen-bond donors (Lipinski definition) is 0. The molecule has 0 saturated carbocycles. The molecule has 0 amide bonds. The van der Waals surface area contributed by atoms with Gasteiger partial charge in [0.15, 0.2) is 0 Å². The third-order valence-electron chi connectivity index (χ3n) is 2.87. The molecular formula is C16H18Sn+2. The average Bonchev–Trinajstić information content (AvgIpc) is 2.41. The molecule has 0 bridgehead atoms. The van der Waals surface area contributed by atoms with E-state index in [9.17, 15) is 0 Å². The van der Waals surface area contributed by atoms with Gasteiger partial charge in [-0.1, -0.05) is 0 Å². The summed E-state index contributed by atoms with van der Waals surface area (Å²) < 4.78 is 2.94. The van der Waals surface area contributed by atoms with E-state index in [1.165, 1.54) is 32.8 Å². The van der Waals surface area contributed by atoms with Crippen molar-refractivity contribution in [3.05, 3.63) is 71.8 Å². The summed E-state index contributed by atoms with van der Waals surface area (Å²) in [5, 5.41) is 0. The molecule has 0 spiro atoms. The molecule has 2 aromatic rings. The van der Waals surface area contributed by atoms with Crippen LogP contribution in [0.1, 0.15) is 11.1 Å². The van der Waals surface area contributed by atoms with Crippen molar-refractivity contribution in [2.45, 2.75) is 21.7 Å². The van der Waals surface area contributed by atoms with Crippen LogP contribution < -0.4 is 0 Å². The molecule has 1 heteroatoms. The summed E-state index contributed by atoms with van der Waals surface area (Å²) in [6, 6.07) is 21.8. The Morgan fingerprint density at radius 3 is 1.41 bits per heavy atom. The van der Waals surface area contributed by atoms with Gasteiger partial charge < -0.3 is 0 Å². The van der Waals surface area contributed by atoms with Gasteiger partial charge >= 0.3 is 115 Å². The SMILES string of the molecule is c1ccc(C[CH2][Sn+2][CH2]Cc2ccccc2)cc1. The van der Waals surface area contributed by atoms with Gasteiger partial charge in [0.2, 0.25) is 0 Å². The van der Waals surface area contributed by atoms with Crippen molar-refractivity contribution < 1.29 is 0 Å². The van der Waals surface area contributed by atoms with E-state index in [4.69, 9.17) is 0 Å². The zero-order valence-corrected chi connectivity index (χ0v) is 13.0. The first-order valence-corrected chi connectivity index (χ1v) is 10.3. The van der Waals surface area contributed by atoms with Gasteiger partial charge in [-0.25, -0.2) is 0 Å². The summed E-state index contributed by atoms with van der Waals surface area (Å²) in [5.41, 5.74) is 3.02. The van der Waals surface area contributed by atoms with Crippen LogP contribution in [-0.2, 0) is 12.8 Å². The van der Waals surface area contributed by atoms with Crippen molar-refractivity contribution in [1.82, 2.24) is 0 Å². The van der Waals surface area contributed by atoms with Crippen molar-refractivity contribution in [3.63, 3.8) is 0 Å². The first kappa shape index (κ1) is 12.7. The molecule has 17 heavy (non-hydrogen) atoms. The second-order valence-electron chi connectivity index (χ2n) is 4.22. The number of hydrogen-bond acceptors (Lipinski definition) is 0. The van der Waals surface area contributed by atoms with E-state index in [0.717, 1.165) is 0 Å². The number of benzene rings is 2. The molecule has 0 saturated heterocycles. The van der Waals surface area contributed by atoms with Crippen molar-refractivity contribution in [2.24, 2.45) is 0 Å². The average molecular weight is 329 g/mol. The minimum absolute atomic E-state index is 0.145. The van der Waals surface area contributed by atoms with Crippen molar-refractivity contribution >= 4 is 21.1 Å². The fourth-order valence-electron chi connectivity index (χ4n) is 1.88. The Morgan fingerprint density at radius 1 is 0.588 bits per heavy atom. The van der Waals surface area contributed by atoms with Crippen LogP contribution in [0.15, 0.2) is 60.7 Å². The Morgan fingerprint density at radius 2 is 1.00 bits per heavy atom. The molecule has 0 atom stereocenters. The van der Waals surface area contributed by atoms with Crippen LogP contribution in [0.5, 0.6) is 0 Å². The Hall–Kier alpha value is -0.761. The fourth-order valence-corrected chi connectivity index (χ4v) is 5.25. The van der Waals surface area contributed by atoms with Gasteiger partial charge in [0.05, 0.1) is 0 Å². The van der Waals surface area contributed by atoms with E-state index < -0.39 is 0 Å². The fraction of sp³-hybridized carbons (Fsp3) is 0.250. The van der Waals surface area contributed by atoms with Gasteiger partial charge in [0.1, 0.15) is 0 Å². The summed E-state index contributed by atoms with van der Waals surface area (Å²) in [4.78, 5) is 0. The number of rotatable bonds is 6. The Kier molecular flexibility index (Phi) is 5.63. The maximum atomic E-state index is 2.25. The quantitative estimate of drug-likeness (QED) is 0.555. The van der Waals surface area contributed by atoms with Gasteiger partial charge in [-0.3, -0.25) is 0 Å². The molecule has 0 radical (unpaired) electrons. The zero-order chi connectivity index (χ0) is 11.8. The Labute approximate surface area is 114 Å². The molecule has 0 aromatic heterocycles. The van der Waals surface area contributed by atoms with E-state index in [0.29, 0.717) is 0 Å². The molecule has 2 aromatic carbocycles. The van der Waals surface area contributed by atoms with Crippen molar-refractivity contribution in [3.8, 4) is 0 Å². The molecule has 0 nitrogen and oxygen atoms in total. The first-order chi connectivity index (χ1) is 8.45. The molecule has 0 aliphatic heterocycles. The van der Waals surface area contributed by atoms with Crippen molar-refractivity contribution in [2.75, 3.05) is 0 Å². The molecule has 2 rings (SSSR count). The van der Waals surface area contributed by atoms with Crippen LogP contribution in [-0.4, -0.2) is 21.1 Å². The van der Waals surface area contributed by atoms with Gasteiger partial charge in [-0.15, -0.1) is 0 Å². The zero-order valence-electron chi connectivity index (χ0n) is 10.1. The summed E-state index contributed by atoms with van der Waals surface area (Å²) in [6.07, 6.45) is 2.59. The first-order valence-electron chi connectivity index (χ1n) is 6.24. The van der Waals surface area contributed by atoms with Crippen LogP contribution in [0.3, 0.4) is 0 Å². The van der Waals surface area contributed by atoms with Crippen molar-refractivity contribution in [1.29, 1.82) is 0 Å². The van der Waals surface area contributed by atoms with Crippen LogP contribution >= 0.6 is 0 Å².